The van der Waals surface area contributed by atoms with Crippen LogP contribution < -0.4 is 5.32 Å². The van der Waals surface area contributed by atoms with Gasteiger partial charge in [-0.1, -0.05) is 42.5 Å². The Kier molecular flexibility index (Phi) is 4.27. The van der Waals surface area contributed by atoms with E-state index in [4.69, 9.17) is 0 Å². The average molecular weight is 269 g/mol. The van der Waals surface area contributed by atoms with Crippen molar-refractivity contribution in [1.82, 2.24) is 0 Å². The van der Waals surface area contributed by atoms with Gasteiger partial charge in [0.1, 0.15) is 0 Å². The van der Waals surface area contributed by atoms with E-state index in [2.05, 4.69) is 5.32 Å². The van der Waals surface area contributed by atoms with Crippen molar-refractivity contribution in [2.24, 2.45) is 0 Å². The first-order chi connectivity index (χ1) is 9.58. The predicted molar refractivity (Wildman–Crippen MR) is 76.5 cm³/mol. The molecule has 2 rings (SSSR count). The number of benzene rings is 2. The molecule has 2 N–H and O–H groups in total. The molecule has 2 aromatic carbocycles. The summed E-state index contributed by atoms with van der Waals surface area (Å²) in [5, 5.41) is 12.5. The van der Waals surface area contributed by atoms with E-state index in [-0.39, 0.29) is 5.78 Å². The molecule has 0 radical (unpaired) electrons. The molecular weight excluding hydrogens is 254 g/mol. The van der Waals surface area contributed by atoms with Gasteiger partial charge < -0.3 is 10.4 Å². The summed E-state index contributed by atoms with van der Waals surface area (Å²) in [5.41, 5.74) is 1.52. The van der Waals surface area contributed by atoms with Crippen molar-refractivity contribution in [3.8, 4) is 0 Å². The number of hydrogen-bond donors (Lipinski definition) is 2. The fourth-order valence-electron chi connectivity index (χ4n) is 1.81. The van der Waals surface area contributed by atoms with Crippen LogP contribution in [-0.2, 0) is 4.79 Å². The molecule has 0 aliphatic rings. The molecule has 0 aliphatic carbocycles. The molecule has 0 spiro atoms. The molecule has 0 aliphatic heterocycles. The number of hydrogen-bond acceptors (Lipinski definition) is 3. The number of carbonyl (C=O) groups excluding carboxylic acids is 2. The number of carbonyl (C=O) groups is 2. The van der Waals surface area contributed by atoms with Crippen molar-refractivity contribution in [1.29, 1.82) is 0 Å². The number of anilines is 1. The highest BCUT2D eigenvalue weighted by Crippen LogP contribution is 2.16. The minimum Gasteiger partial charge on any atom is -0.378 e. The molecule has 0 saturated carbocycles. The second-order valence-electron chi connectivity index (χ2n) is 4.44. The Balaban J connectivity index is 2.12. The van der Waals surface area contributed by atoms with Gasteiger partial charge >= 0.3 is 0 Å². The van der Waals surface area contributed by atoms with Gasteiger partial charge in [-0.25, -0.2) is 0 Å². The molecule has 1 amide bonds. The largest absolute Gasteiger partial charge is 0.378 e. The van der Waals surface area contributed by atoms with Gasteiger partial charge in [-0.15, -0.1) is 0 Å². The van der Waals surface area contributed by atoms with Crippen molar-refractivity contribution in [3.05, 3.63) is 65.7 Å². The molecule has 4 nitrogen and oxygen atoms in total. The van der Waals surface area contributed by atoms with Crippen molar-refractivity contribution in [3.63, 3.8) is 0 Å². The van der Waals surface area contributed by atoms with Crippen LogP contribution in [0.25, 0.3) is 0 Å². The molecule has 0 aromatic heterocycles. The van der Waals surface area contributed by atoms with E-state index in [1.54, 1.807) is 48.5 Å². The van der Waals surface area contributed by atoms with Crippen molar-refractivity contribution >= 4 is 17.4 Å². The highest BCUT2D eigenvalue weighted by molar-refractivity contribution is 5.98. The number of Topliss-reactive ketones (excluding diaryl/α,β-unsaturated/α-hetero) is 1. The summed E-state index contributed by atoms with van der Waals surface area (Å²) in [6.07, 6.45) is -1.24. The summed E-state index contributed by atoms with van der Waals surface area (Å²) in [4.78, 5) is 23.2. The van der Waals surface area contributed by atoms with Gasteiger partial charge in [-0.2, -0.15) is 0 Å². The summed E-state index contributed by atoms with van der Waals surface area (Å²) in [7, 11) is 0. The van der Waals surface area contributed by atoms with E-state index < -0.39 is 12.0 Å². The van der Waals surface area contributed by atoms with E-state index in [0.717, 1.165) is 0 Å². The Bertz CT molecular complexity index is 623. The van der Waals surface area contributed by atoms with Crippen molar-refractivity contribution < 1.29 is 14.7 Å². The first-order valence-electron chi connectivity index (χ1n) is 6.23. The first-order valence-corrected chi connectivity index (χ1v) is 6.23. The molecule has 0 fully saturated rings. The Hall–Kier alpha value is -2.46. The normalized spacial score (nSPS) is 11.7. The number of ketones is 1. The number of amides is 1. The minimum absolute atomic E-state index is 0.0790. The molecule has 20 heavy (non-hydrogen) atoms. The quantitative estimate of drug-likeness (QED) is 0.838. The maximum atomic E-state index is 11.9. The predicted octanol–water partition coefficient (Wildman–Crippen LogP) is 2.56. The number of nitrogens with one attached hydrogen (secondary N) is 1. The second kappa shape index (κ2) is 6.12. The highest BCUT2D eigenvalue weighted by atomic mass is 16.3. The van der Waals surface area contributed by atoms with Crippen LogP contribution in [0.2, 0.25) is 0 Å². The molecule has 4 heteroatoms. The summed E-state index contributed by atoms with van der Waals surface area (Å²) in [6, 6.07) is 15.3. The monoisotopic (exact) mass is 269 g/mol. The van der Waals surface area contributed by atoms with E-state index >= 15 is 0 Å². The van der Waals surface area contributed by atoms with Crippen LogP contribution in [0.1, 0.15) is 28.9 Å². The average Bonchev–Trinajstić information content (AvgIpc) is 2.47. The van der Waals surface area contributed by atoms with Crippen LogP contribution in [0.15, 0.2) is 54.6 Å². The van der Waals surface area contributed by atoms with Crippen LogP contribution in [-0.4, -0.2) is 16.8 Å². The first kappa shape index (κ1) is 14.0. The molecule has 0 heterocycles. The fraction of sp³-hybridized carbons (Fsp3) is 0.125. The SMILES string of the molecule is CC(=O)c1cccc(NC(=O)[C@@H](O)c2ccccc2)c1. The van der Waals surface area contributed by atoms with Gasteiger partial charge in [-0.3, -0.25) is 9.59 Å². The number of rotatable bonds is 4. The van der Waals surface area contributed by atoms with Gasteiger partial charge in [0, 0.05) is 11.3 Å². The number of aliphatic hydroxyl groups excluding tert-OH is 1. The van der Waals surface area contributed by atoms with Gasteiger partial charge in [0.25, 0.3) is 5.91 Å². The molecule has 102 valence electrons. The minimum atomic E-state index is -1.24. The zero-order valence-corrected chi connectivity index (χ0v) is 11.0. The third-order valence-electron chi connectivity index (χ3n) is 2.90. The smallest absolute Gasteiger partial charge is 0.257 e. The fourth-order valence-corrected chi connectivity index (χ4v) is 1.81. The van der Waals surface area contributed by atoms with Crippen LogP contribution in [0.5, 0.6) is 0 Å². The van der Waals surface area contributed by atoms with Crippen LogP contribution >= 0.6 is 0 Å². The summed E-state index contributed by atoms with van der Waals surface area (Å²) >= 11 is 0. The summed E-state index contributed by atoms with van der Waals surface area (Å²) < 4.78 is 0. The Morgan fingerprint density at radius 3 is 2.40 bits per heavy atom. The number of aliphatic hydroxyl groups is 1. The lowest BCUT2D eigenvalue weighted by atomic mass is 10.1. The summed E-state index contributed by atoms with van der Waals surface area (Å²) in [6.45, 7) is 1.46. The molecule has 1 atom stereocenters. The van der Waals surface area contributed by atoms with Crippen LogP contribution in [0.3, 0.4) is 0 Å². The highest BCUT2D eigenvalue weighted by Gasteiger charge is 2.17. The Labute approximate surface area is 117 Å². The van der Waals surface area contributed by atoms with E-state index in [1.807, 2.05) is 6.07 Å². The molecular formula is C16H15NO3. The van der Waals surface area contributed by atoms with Crippen molar-refractivity contribution in [2.45, 2.75) is 13.0 Å². The maximum absolute atomic E-state index is 11.9. The lowest BCUT2D eigenvalue weighted by molar-refractivity contribution is -0.124. The van der Waals surface area contributed by atoms with Gasteiger partial charge in [-0.05, 0) is 24.6 Å². The van der Waals surface area contributed by atoms with E-state index in [0.29, 0.717) is 16.8 Å². The second-order valence-corrected chi connectivity index (χ2v) is 4.44. The third kappa shape index (κ3) is 3.30. The maximum Gasteiger partial charge on any atom is 0.257 e. The topological polar surface area (TPSA) is 66.4 Å². The molecule has 0 saturated heterocycles. The van der Waals surface area contributed by atoms with E-state index in [1.165, 1.54) is 6.92 Å². The van der Waals surface area contributed by atoms with Gasteiger partial charge in [0.05, 0.1) is 0 Å². The molecule has 0 bridgehead atoms. The van der Waals surface area contributed by atoms with Crippen LogP contribution in [0.4, 0.5) is 5.69 Å². The van der Waals surface area contributed by atoms with Crippen LogP contribution in [0, 0.1) is 0 Å². The Morgan fingerprint density at radius 2 is 1.75 bits per heavy atom. The standard InChI is InChI=1S/C16H15NO3/c1-11(18)13-8-5-9-14(10-13)17-16(20)15(19)12-6-3-2-4-7-12/h2-10,15,19H,1H3,(H,17,20)/t15-/m0/s1. The lowest BCUT2D eigenvalue weighted by Gasteiger charge is -2.12. The van der Waals surface area contributed by atoms with E-state index in [9.17, 15) is 14.7 Å². The zero-order chi connectivity index (χ0) is 14.5. The summed E-state index contributed by atoms with van der Waals surface area (Å²) in [5.74, 6) is -0.610. The van der Waals surface area contributed by atoms with Crippen molar-refractivity contribution in [2.75, 3.05) is 5.32 Å². The molecule has 0 unspecified atom stereocenters. The van der Waals surface area contributed by atoms with Gasteiger partial charge in [0.2, 0.25) is 0 Å². The van der Waals surface area contributed by atoms with Gasteiger partial charge in [0.15, 0.2) is 11.9 Å². The lowest BCUT2D eigenvalue weighted by Crippen LogP contribution is -2.20. The Morgan fingerprint density at radius 1 is 1.05 bits per heavy atom. The molecule has 2 aromatic rings. The zero-order valence-electron chi connectivity index (χ0n) is 11.0. The third-order valence-corrected chi connectivity index (χ3v) is 2.90.